The summed E-state index contributed by atoms with van der Waals surface area (Å²) in [5.74, 6) is 1.30. The summed E-state index contributed by atoms with van der Waals surface area (Å²) in [6.07, 6.45) is 6.59. The minimum Gasteiger partial charge on any atom is -0.331 e. The number of rotatable bonds is 2. The third-order valence-corrected chi connectivity index (χ3v) is 1.77. The molecular formula is C7H6BrN5. The van der Waals surface area contributed by atoms with E-state index < -0.39 is 0 Å². The quantitative estimate of drug-likeness (QED) is 0.838. The van der Waals surface area contributed by atoms with E-state index in [0.717, 1.165) is 10.3 Å². The Morgan fingerprint density at radius 2 is 2.00 bits per heavy atom. The zero-order valence-electron chi connectivity index (χ0n) is 6.53. The summed E-state index contributed by atoms with van der Waals surface area (Å²) in [7, 11) is 0. The number of halogens is 1. The van der Waals surface area contributed by atoms with Gasteiger partial charge in [0.2, 0.25) is 5.95 Å². The SMILES string of the molecule is Brc1cnc(Nc2cnc[nH]2)nc1. The summed E-state index contributed by atoms with van der Waals surface area (Å²) in [6, 6.07) is 0. The predicted molar refractivity (Wildman–Crippen MR) is 51.6 cm³/mol. The molecule has 0 aromatic carbocycles. The van der Waals surface area contributed by atoms with Gasteiger partial charge in [-0.25, -0.2) is 15.0 Å². The number of H-pyrrole nitrogens is 1. The van der Waals surface area contributed by atoms with Gasteiger partial charge in [0.05, 0.1) is 17.0 Å². The Morgan fingerprint density at radius 1 is 1.23 bits per heavy atom. The molecule has 13 heavy (non-hydrogen) atoms. The molecule has 2 aromatic heterocycles. The van der Waals surface area contributed by atoms with E-state index in [1.165, 1.54) is 0 Å². The molecule has 0 aliphatic heterocycles. The van der Waals surface area contributed by atoms with E-state index in [1.807, 2.05) is 0 Å². The second kappa shape index (κ2) is 3.53. The smallest absolute Gasteiger partial charge is 0.228 e. The molecule has 0 saturated carbocycles. The van der Waals surface area contributed by atoms with Crippen LogP contribution in [-0.4, -0.2) is 19.9 Å². The van der Waals surface area contributed by atoms with Crippen molar-refractivity contribution in [3.63, 3.8) is 0 Å². The van der Waals surface area contributed by atoms with Gasteiger partial charge in [-0.1, -0.05) is 0 Å². The lowest BCUT2D eigenvalue weighted by molar-refractivity contribution is 1.14. The Labute approximate surface area is 82.8 Å². The lowest BCUT2D eigenvalue weighted by Crippen LogP contribution is -1.95. The van der Waals surface area contributed by atoms with Crippen molar-refractivity contribution < 1.29 is 0 Å². The average molecular weight is 240 g/mol. The first-order chi connectivity index (χ1) is 6.34. The number of aromatic nitrogens is 4. The Balaban J connectivity index is 2.15. The molecule has 0 bridgehead atoms. The molecule has 0 aliphatic carbocycles. The summed E-state index contributed by atoms with van der Waals surface area (Å²) in [5, 5.41) is 2.95. The van der Waals surface area contributed by atoms with E-state index >= 15 is 0 Å². The van der Waals surface area contributed by atoms with Crippen LogP contribution in [0.5, 0.6) is 0 Å². The molecule has 2 heterocycles. The van der Waals surface area contributed by atoms with Crippen molar-refractivity contribution in [3.8, 4) is 0 Å². The van der Waals surface area contributed by atoms with Crippen LogP contribution in [0.4, 0.5) is 11.8 Å². The van der Waals surface area contributed by atoms with Gasteiger partial charge in [-0.2, -0.15) is 0 Å². The Kier molecular flexibility index (Phi) is 2.22. The van der Waals surface area contributed by atoms with Crippen LogP contribution in [0, 0.1) is 0 Å². The van der Waals surface area contributed by atoms with Crippen molar-refractivity contribution in [1.29, 1.82) is 0 Å². The van der Waals surface area contributed by atoms with E-state index in [4.69, 9.17) is 0 Å². The highest BCUT2D eigenvalue weighted by Crippen LogP contribution is 2.10. The van der Waals surface area contributed by atoms with Gasteiger partial charge in [-0.3, -0.25) is 0 Å². The van der Waals surface area contributed by atoms with Crippen LogP contribution in [0.3, 0.4) is 0 Å². The van der Waals surface area contributed by atoms with Crippen molar-refractivity contribution >= 4 is 27.7 Å². The summed E-state index contributed by atoms with van der Waals surface area (Å²) in [5.41, 5.74) is 0. The van der Waals surface area contributed by atoms with E-state index in [0.29, 0.717) is 5.95 Å². The Bertz CT molecular complexity index is 368. The maximum absolute atomic E-state index is 4.04. The van der Waals surface area contributed by atoms with Crippen molar-refractivity contribution in [1.82, 2.24) is 19.9 Å². The third kappa shape index (κ3) is 2.03. The van der Waals surface area contributed by atoms with Crippen LogP contribution < -0.4 is 5.32 Å². The number of nitrogens with zero attached hydrogens (tertiary/aromatic N) is 3. The van der Waals surface area contributed by atoms with Gasteiger partial charge in [0, 0.05) is 12.4 Å². The van der Waals surface area contributed by atoms with E-state index in [9.17, 15) is 0 Å². The lowest BCUT2D eigenvalue weighted by atomic mass is 10.6. The summed E-state index contributed by atoms with van der Waals surface area (Å²) in [4.78, 5) is 14.8. The zero-order valence-corrected chi connectivity index (χ0v) is 8.12. The van der Waals surface area contributed by atoms with Gasteiger partial charge in [-0.15, -0.1) is 0 Å². The van der Waals surface area contributed by atoms with Crippen LogP contribution in [0.25, 0.3) is 0 Å². The zero-order chi connectivity index (χ0) is 9.10. The normalized spacial score (nSPS) is 9.92. The van der Waals surface area contributed by atoms with Crippen LogP contribution in [0.15, 0.2) is 29.4 Å². The topological polar surface area (TPSA) is 66.5 Å². The second-order valence-electron chi connectivity index (χ2n) is 2.32. The molecule has 2 rings (SSSR count). The van der Waals surface area contributed by atoms with Gasteiger partial charge in [-0.05, 0) is 15.9 Å². The highest BCUT2D eigenvalue weighted by Gasteiger charge is 1.96. The van der Waals surface area contributed by atoms with Crippen LogP contribution >= 0.6 is 15.9 Å². The van der Waals surface area contributed by atoms with E-state index in [2.05, 4.69) is 41.2 Å². The molecule has 0 unspecified atom stereocenters. The van der Waals surface area contributed by atoms with E-state index in [1.54, 1.807) is 24.9 Å². The molecule has 0 radical (unpaired) electrons. The third-order valence-electron chi connectivity index (χ3n) is 1.37. The van der Waals surface area contributed by atoms with Gasteiger partial charge in [0.25, 0.3) is 0 Å². The highest BCUT2D eigenvalue weighted by atomic mass is 79.9. The van der Waals surface area contributed by atoms with Gasteiger partial charge < -0.3 is 10.3 Å². The number of hydrogen-bond donors (Lipinski definition) is 2. The molecule has 66 valence electrons. The van der Waals surface area contributed by atoms with Crippen molar-refractivity contribution in [2.24, 2.45) is 0 Å². The molecule has 6 heteroatoms. The first kappa shape index (κ1) is 8.18. The first-order valence-electron chi connectivity index (χ1n) is 3.57. The number of aromatic amines is 1. The molecule has 5 nitrogen and oxygen atoms in total. The molecule has 2 aromatic rings. The van der Waals surface area contributed by atoms with E-state index in [-0.39, 0.29) is 0 Å². The molecular weight excluding hydrogens is 234 g/mol. The fourth-order valence-corrected chi connectivity index (χ4v) is 1.03. The standard InChI is InChI=1S/C7H6BrN5/c8-5-1-10-7(11-2-5)13-6-3-9-4-12-6/h1-4H,(H,9,12)(H,10,11,13). The van der Waals surface area contributed by atoms with Crippen LogP contribution in [-0.2, 0) is 0 Å². The molecule has 0 fully saturated rings. The fourth-order valence-electron chi connectivity index (χ4n) is 0.822. The monoisotopic (exact) mass is 239 g/mol. The van der Waals surface area contributed by atoms with Crippen LogP contribution in [0.1, 0.15) is 0 Å². The Hall–Kier alpha value is -1.43. The number of anilines is 2. The van der Waals surface area contributed by atoms with Crippen molar-refractivity contribution in [2.75, 3.05) is 5.32 Å². The maximum atomic E-state index is 4.04. The molecule has 0 amide bonds. The summed E-state index contributed by atoms with van der Waals surface area (Å²) >= 11 is 3.25. The fraction of sp³-hybridized carbons (Fsp3) is 0. The number of hydrogen-bond acceptors (Lipinski definition) is 4. The molecule has 0 atom stereocenters. The van der Waals surface area contributed by atoms with Crippen LogP contribution in [0.2, 0.25) is 0 Å². The molecule has 0 aliphatic rings. The summed E-state index contributed by atoms with van der Waals surface area (Å²) in [6.45, 7) is 0. The largest absolute Gasteiger partial charge is 0.331 e. The van der Waals surface area contributed by atoms with Crippen molar-refractivity contribution in [3.05, 3.63) is 29.4 Å². The second-order valence-corrected chi connectivity index (χ2v) is 3.23. The first-order valence-corrected chi connectivity index (χ1v) is 4.37. The minimum absolute atomic E-state index is 0.535. The maximum Gasteiger partial charge on any atom is 0.228 e. The Morgan fingerprint density at radius 3 is 2.62 bits per heavy atom. The lowest BCUT2D eigenvalue weighted by Gasteiger charge is -1.99. The van der Waals surface area contributed by atoms with Gasteiger partial charge >= 0.3 is 0 Å². The summed E-state index contributed by atoms with van der Waals surface area (Å²) < 4.78 is 0.850. The number of nitrogens with one attached hydrogen (secondary N) is 2. The van der Waals surface area contributed by atoms with Gasteiger partial charge in [0.1, 0.15) is 5.82 Å². The molecule has 0 spiro atoms. The number of imidazole rings is 1. The minimum atomic E-state index is 0.535. The predicted octanol–water partition coefficient (Wildman–Crippen LogP) is 1.71. The molecule has 0 saturated heterocycles. The highest BCUT2D eigenvalue weighted by molar-refractivity contribution is 9.10. The molecule has 2 N–H and O–H groups in total. The van der Waals surface area contributed by atoms with Crippen molar-refractivity contribution in [2.45, 2.75) is 0 Å². The average Bonchev–Trinajstić information content (AvgIpc) is 2.62. The van der Waals surface area contributed by atoms with Gasteiger partial charge in [0.15, 0.2) is 0 Å².